The van der Waals surface area contributed by atoms with Crippen molar-refractivity contribution < 1.29 is 23.9 Å². The van der Waals surface area contributed by atoms with Crippen LogP contribution in [0.1, 0.15) is 44.1 Å². The zero-order valence-corrected chi connectivity index (χ0v) is 26.0. The number of benzene rings is 3. The van der Waals surface area contributed by atoms with Crippen molar-refractivity contribution in [3.8, 4) is 0 Å². The minimum atomic E-state index is -2.19. The molecule has 0 aliphatic heterocycles. The Kier molecular flexibility index (Phi) is 10.5. The number of pyridine rings is 2. The van der Waals surface area contributed by atoms with Gasteiger partial charge in [0.1, 0.15) is 0 Å². The normalized spacial score (nSPS) is 11.2. The Hall–Kier alpha value is -5.68. The molecule has 0 aliphatic carbocycles. The Balaban J connectivity index is 1.35. The summed E-state index contributed by atoms with van der Waals surface area (Å²) in [5.41, 5.74) is 7.19. The van der Waals surface area contributed by atoms with E-state index in [1.54, 1.807) is 73.1 Å². The predicted molar refractivity (Wildman–Crippen MR) is 181 cm³/mol. The van der Waals surface area contributed by atoms with Gasteiger partial charge < -0.3 is 26.4 Å². The first-order valence-electron chi connectivity index (χ1n) is 15.4. The third-order valence-electron chi connectivity index (χ3n) is 7.86. The fourth-order valence-corrected chi connectivity index (χ4v) is 5.27. The summed E-state index contributed by atoms with van der Waals surface area (Å²) in [7, 11) is 1.37. The fraction of sp³-hybridized carbons (Fsp3) is 0.222. The first-order chi connectivity index (χ1) is 22.8. The number of hydrogen-bond acceptors (Lipinski definition) is 8. The van der Waals surface area contributed by atoms with E-state index in [1.807, 2.05) is 24.3 Å². The number of ether oxygens (including phenoxy) is 1. The number of methoxy groups -OCH3 is 1. The van der Waals surface area contributed by atoms with Gasteiger partial charge in [0.05, 0.1) is 29.5 Å². The number of hydrogen-bond donors (Lipinski definition) is 4. The lowest BCUT2D eigenvalue weighted by Crippen LogP contribution is -2.57. The number of unbranched alkanes of at least 4 members (excludes halogenated alkanes) is 3. The maximum atomic E-state index is 14.0. The van der Waals surface area contributed by atoms with Crippen molar-refractivity contribution in [2.45, 2.75) is 44.1 Å². The van der Waals surface area contributed by atoms with E-state index in [-0.39, 0.29) is 17.4 Å². The van der Waals surface area contributed by atoms with E-state index in [4.69, 9.17) is 5.73 Å². The van der Waals surface area contributed by atoms with Crippen molar-refractivity contribution in [1.29, 1.82) is 0 Å². The van der Waals surface area contributed by atoms with Crippen molar-refractivity contribution in [3.05, 3.63) is 103 Å². The molecule has 0 unspecified atom stereocenters. The van der Waals surface area contributed by atoms with E-state index in [9.17, 15) is 19.2 Å². The summed E-state index contributed by atoms with van der Waals surface area (Å²) in [5.74, 6) is -1.96. The van der Waals surface area contributed by atoms with Gasteiger partial charge in [0.15, 0.2) is 0 Å². The molecule has 3 amide bonds. The highest BCUT2D eigenvalue weighted by Crippen LogP contribution is 2.29. The molecule has 0 saturated heterocycles. The van der Waals surface area contributed by atoms with Gasteiger partial charge >= 0.3 is 5.97 Å². The minimum Gasteiger partial charge on any atom is -0.469 e. The van der Waals surface area contributed by atoms with E-state index in [0.29, 0.717) is 53.8 Å². The van der Waals surface area contributed by atoms with Crippen LogP contribution >= 0.6 is 0 Å². The van der Waals surface area contributed by atoms with Crippen LogP contribution in [0.4, 0.5) is 17.1 Å². The quantitative estimate of drug-likeness (QED) is 0.0733. The zero-order valence-electron chi connectivity index (χ0n) is 26.0. The zero-order chi connectivity index (χ0) is 33.2. The molecule has 0 saturated carbocycles. The predicted octanol–water partition coefficient (Wildman–Crippen LogP) is 5.67. The monoisotopic (exact) mass is 632 g/mol. The number of anilines is 3. The lowest BCUT2D eigenvalue weighted by molar-refractivity contribution is -0.140. The van der Waals surface area contributed by atoms with Crippen LogP contribution in [0.5, 0.6) is 0 Å². The molecule has 3 aromatic carbocycles. The van der Waals surface area contributed by atoms with E-state index >= 15 is 0 Å². The molecule has 11 nitrogen and oxygen atoms in total. The Morgan fingerprint density at radius 2 is 1.17 bits per heavy atom. The van der Waals surface area contributed by atoms with E-state index in [0.717, 1.165) is 23.6 Å². The molecule has 2 heterocycles. The minimum absolute atomic E-state index is 0.174. The summed E-state index contributed by atoms with van der Waals surface area (Å²) in [4.78, 5) is 60.7. The third kappa shape index (κ3) is 7.77. The Morgan fingerprint density at radius 3 is 1.70 bits per heavy atom. The van der Waals surface area contributed by atoms with E-state index in [2.05, 4.69) is 30.7 Å². The molecule has 240 valence electrons. The average Bonchev–Trinajstić information content (AvgIpc) is 3.09. The first kappa shape index (κ1) is 32.7. The van der Waals surface area contributed by atoms with Crippen molar-refractivity contribution >= 4 is 62.6 Å². The molecule has 11 heteroatoms. The topological polar surface area (TPSA) is 165 Å². The summed E-state index contributed by atoms with van der Waals surface area (Å²) in [5, 5.41) is 10.1. The number of carbonyl (C=O) groups excluding carboxylic acids is 4. The van der Waals surface area contributed by atoms with Gasteiger partial charge in [-0.05, 0) is 54.8 Å². The van der Waals surface area contributed by atoms with Gasteiger partial charge in [0.25, 0.3) is 11.8 Å². The second-order valence-electron chi connectivity index (χ2n) is 11.1. The van der Waals surface area contributed by atoms with Gasteiger partial charge in [-0.2, -0.15) is 0 Å². The average molecular weight is 633 g/mol. The summed E-state index contributed by atoms with van der Waals surface area (Å²) in [6.45, 7) is 0. The molecule has 5 rings (SSSR count). The van der Waals surface area contributed by atoms with Gasteiger partial charge in [0, 0.05) is 41.7 Å². The van der Waals surface area contributed by atoms with Crippen LogP contribution in [0.2, 0.25) is 0 Å². The standard InChI is InChI=1S/C36H36N6O5/c1-47-31(44)17-5-3-2-4-16-30(43)40-27-20-18-26(19-21-27)36(37,34(45)41-28-14-6-10-24-12-8-22-38-32(24)28)35(46)42-29-15-7-11-25-13-9-23-39-33(25)29/h6-15,18-23H,2-5,16-17,37H2,1H3,(H,40,43)(H,41,45)(H,42,46). The Morgan fingerprint density at radius 1 is 0.660 bits per heavy atom. The second-order valence-corrected chi connectivity index (χ2v) is 11.1. The van der Waals surface area contributed by atoms with E-state index in [1.165, 1.54) is 7.11 Å². The maximum Gasteiger partial charge on any atom is 0.305 e. The van der Waals surface area contributed by atoms with Crippen LogP contribution in [-0.2, 0) is 29.5 Å². The van der Waals surface area contributed by atoms with Crippen LogP contribution in [-0.4, -0.2) is 40.8 Å². The molecule has 0 radical (unpaired) electrons. The summed E-state index contributed by atoms with van der Waals surface area (Å²) in [6, 6.07) is 24.3. The van der Waals surface area contributed by atoms with Gasteiger partial charge in [-0.3, -0.25) is 29.1 Å². The summed E-state index contributed by atoms with van der Waals surface area (Å²) >= 11 is 0. The molecule has 0 fully saturated rings. The van der Waals surface area contributed by atoms with Crippen molar-refractivity contribution in [2.75, 3.05) is 23.1 Å². The number of nitrogens with one attached hydrogen (secondary N) is 3. The molecule has 2 aromatic heterocycles. The number of amides is 3. The molecule has 47 heavy (non-hydrogen) atoms. The highest BCUT2D eigenvalue weighted by Gasteiger charge is 2.44. The number of esters is 1. The van der Waals surface area contributed by atoms with Crippen LogP contribution in [0.25, 0.3) is 21.8 Å². The molecule has 0 spiro atoms. The molecule has 5 aromatic rings. The van der Waals surface area contributed by atoms with Crippen LogP contribution in [0.3, 0.4) is 0 Å². The lowest BCUT2D eigenvalue weighted by atomic mass is 9.88. The number of rotatable bonds is 13. The van der Waals surface area contributed by atoms with Gasteiger partial charge in [-0.25, -0.2) is 0 Å². The van der Waals surface area contributed by atoms with Crippen LogP contribution < -0.4 is 21.7 Å². The summed E-state index contributed by atoms with van der Waals surface area (Å²) < 4.78 is 4.64. The third-order valence-corrected chi connectivity index (χ3v) is 7.86. The fourth-order valence-electron chi connectivity index (χ4n) is 5.27. The van der Waals surface area contributed by atoms with Crippen molar-refractivity contribution in [1.82, 2.24) is 9.97 Å². The lowest BCUT2D eigenvalue weighted by Gasteiger charge is -2.28. The number of para-hydroxylation sites is 2. The highest BCUT2D eigenvalue weighted by molar-refractivity contribution is 6.20. The Labute approximate surface area is 271 Å². The summed E-state index contributed by atoms with van der Waals surface area (Å²) in [6.07, 6.45) is 6.92. The SMILES string of the molecule is COC(=O)CCCCCCC(=O)Nc1ccc(C(N)(C(=O)Nc2cccc3cccnc23)C(=O)Nc2cccc3cccnc23)cc1. The largest absolute Gasteiger partial charge is 0.469 e. The van der Waals surface area contributed by atoms with Gasteiger partial charge in [-0.1, -0.05) is 61.4 Å². The second kappa shape index (κ2) is 15.1. The molecule has 5 N–H and O–H groups in total. The molecule has 0 aliphatic rings. The molecular weight excluding hydrogens is 596 g/mol. The highest BCUT2D eigenvalue weighted by atomic mass is 16.5. The van der Waals surface area contributed by atoms with Crippen LogP contribution in [0, 0.1) is 0 Å². The van der Waals surface area contributed by atoms with Crippen LogP contribution in [0.15, 0.2) is 97.3 Å². The van der Waals surface area contributed by atoms with E-state index < -0.39 is 17.4 Å². The molecular formula is C36H36N6O5. The number of nitrogens with zero attached hydrogens (tertiary/aromatic N) is 2. The Bertz CT molecular complexity index is 1810. The number of nitrogens with two attached hydrogens (primary N) is 1. The molecule has 0 bridgehead atoms. The molecule has 0 atom stereocenters. The number of carbonyl (C=O) groups is 4. The smallest absolute Gasteiger partial charge is 0.305 e. The number of fused-ring (bicyclic) bond motifs is 2. The van der Waals surface area contributed by atoms with Crippen molar-refractivity contribution in [3.63, 3.8) is 0 Å². The number of aromatic nitrogens is 2. The van der Waals surface area contributed by atoms with Gasteiger partial charge in [-0.15, -0.1) is 0 Å². The van der Waals surface area contributed by atoms with Gasteiger partial charge in [0.2, 0.25) is 11.4 Å². The maximum absolute atomic E-state index is 14.0. The first-order valence-corrected chi connectivity index (χ1v) is 15.4. The van der Waals surface area contributed by atoms with Crippen molar-refractivity contribution in [2.24, 2.45) is 5.73 Å².